The number of carbonyl (C=O) groups is 1. The summed E-state index contributed by atoms with van der Waals surface area (Å²) in [6, 6.07) is 21.8. The maximum Gasteiger partial charge on any atom is 0.311 e. The average molecular weight is 664 g/mol. The second-order valence-electron chi connectivity index (χ2n) is 14.0. The molecule has 6 nitrogen and oxygen atoms in total. The minimum atomic E-state index is -4.05. The molecule has 3 aromatic rings. The molecule has 0 fully saturated rings. The SMILES string of the molecule is CCC[C@H](C)C[C@H](C)C[C@H](C)[C@@H](O)[C@@H](C)C(=O)O[C@H](c1ccccc1)[C@H](C)N(Cc1ccccc1)S(=O)(=O)c1c(C)cc(C)cc1C. The van der Waals surface area contributed by atoms with Crippen molar-refractivity contribution >= 4 is 16.0 Å². The first-order valence-corrected chi connectivity index (χ1v) is 18.7. The predicted molar refractivity (Wildman–Crippen MR) is 191 cm³/mol. The highest BCUT2D eigenvalue weighted by molar-refractivity contribution is 7.89. The van der Waals surface area contributed by atoms with Gasteiger partial charge in [-0.2, -0.15) is 4.31 Å². The van der Waals surface area contributed by atoms with Gasteiger partial charge in [0.05, 0.1) is 23.0 Å². The fourth-order valence-corrected chi connectivity index (χ4v) is 9.21. The molecule has 47 heavy (non-hydrogen) atoms. The van der Waals surface area contributed by atoms with Crippen LogP contribution in [0.15, 0.2) is 77.7 Å². The second kappa shape index (κ2) is 17.4. The van der Waals surface area contributed by atoms with E-state index >= 15 is 0 Å². The average Bonchev–Trinajstić information content (AvgIpc) is 3.01. The summed E-state index contributed by atoms with van der Waals surface area (Å²) in [6.45, 7) is 17.9. The molecule has 7 heteroatoms. The zero-order chi connectivity index (χ0) is 34.9. The number of hydrogen-bond acceptors (Lipinski definition) is 5. The summed E-state index contributed by atoms with van der Waals surface area (Å²) in [5, 5.41) is 11.3. The molecule has 0 saturated carbocycles. The van der Waals surface area contributed by atoms with E-state index in [2.05, 4.69) is 20.8 Å². The lowest BCUT2D eigenvalue weighted by atomic mass is 9.83. The van der Waals surface area contributed by atoms with Crippen molar-refractivity contribution in [2.75, 3.05) is 0 Å². The van der Waals surface area contributed by atoms with Gasteiger partial charge in [-0.3, -0.25) is 4.79 Å². The monoisotopic (exact) mass is 663 g/mol. The minimum Gasteiger partial charge on any atom is -0.455 e. The van der Waals surface area contributed by atoms with Crippen molar-refractivity contribution in [3.05, 3.63) is 101 Å². The normalized spacial score (nSPS) is 16.6. The van der Waals surface area contributed by atoms with Crippen molar-refractivity contribution < 1.29 is 23.1 Å². The Labute approximate surface area is 284 Å². The number of aliphatic hydroxyl groups excluding tert-OH is 1. The van der Waals surface area contributed by atoms with Gasteiger partial charge in [-0.05, 0) is 87.5 Å². The summed E-state index contributed by atoms with van der Waals surface area (Å²) in [7, 11) is -4.05. The maximum absolute atomic E-state index is 14.6. The lowest BCUT2D eigenvalue weighted by molar-refractivity contribution is -0.161. The Kier molecular flexibility index (Phi) is 14.2. The zero-order valence-corrected chi connectivity index (χ0v) is 30.8. The Bertz CT molecular complexity index is 1500. The number of aliphatic hydroxyl groups is 1. The van der Waals surface area contributed by atoms with Crippen LogP contribution in [0.1, 0.15) is 101 Å². The molecule has 1 N–H and O–H groups in total. The van der Waals surface area contributed by atoms with Crippen LogP contribution >= 0.6 is 0 Å². The van der Waals surface area contributed by atoms with E-state index in [0.29, 0.717) is 28.5 Å². The molecule has 258 valence electrons. The number of carbonyl (C=O) groups excluding carboxylic acids is 1. The zero-order valence-electron chi connectivity index (χ0n) is 29.9. The number of nitrogens with zero attached hydrogens (tertiary/aromatic N) is 1. The number of benzene rings is 3. The number of esters is 1. The molecule has 3 aromatic carbocycles. The largest absolute Gasteiger partial charge is 0.455 e. The van der Waals surface area contributed by atoms with Crippen molar-refractivity contribution in [2.24, 2.45) is 23.7 Å². The molecule has 0 aliphatic heterocycles. The Balaban J connectivity index is 1.96. The van der Waals surface area contributed by atoms with Gasteiger partial charge in [-0.25, -0.2) is 8.42 Å². The Hall–Kier alpha value is -3.00. The highest BCUT2D eigenvalue weighted by Gasteiger charge is 2.39. The van der Waals surface area contributed by atoms with E-state index in [-0.39, 0.29) is 17.4 Å². The third-order valence-corrected chi connectivity index (χ3v) is 11.7. The van der Waals surface area contributed by atoms with Gasteiger partial charge in [0.15, 0.2) is 0 Å². The number of ether oxygens (including phenoxy) is 1. The van der Waals surface area contributed by atoms with Crippen LogP contribution in [0, 0.1) is 44.4 Å². The van der Waals surface area contributed by atoms with Crippen molar-refractivity contribution in [3.8, 4) is 0 Å². The molecule has 0 aliphatic carbocycles. The number of hydrogen-bond donors (Lipinski definition) is 1. The Morgan fingerprint density at radius 1 is 0.830 bits per heavy atom. The fraction of sp³-hybridized carbons (Fsp3) is 0.525. The van der Waals surface area contributed by atoms with E-state index in [4.69, 9.17) is 4.74 Å². The van der Waals surface area contributed by atoms with Gasteiger partial charge in [-0.1, -0.05) is 119 Å². The van der Waals surface area contributed by atoms with Gasteiger partial charge in [0.1, 0.15) is 6.10 Å². The lowest BCUT2D eigenvalue weighted by Gasteiger charge is -2.35. The van der Waals surface area contributed by atoms with Crippen molar-refractivity contribution in [1.82, 2.24) is 4.31 Å². The topological polar surface area (TPSA) is 83.9 Å². The summed E-state index contributed by atoms with van der Waals surface area (Å²) < 4.78 is 37.0. The van der Waals surface area contributed by atoms with Crippen molar-refractivity contribution in [1.29, 1.82) is 0 Å². The van der Waals surface area contributed by atoms with E-state index in [0.717, 1.165) is 30.4 Å². The molecule has 7 atom stereocenters. The predicted octanol–water partition coefficient (Wildman–Crippen LogP) is 8.96. The third-order valence-electron chi connectivity index (χ3n) is 9.44. The van der Waals surface area contributed by atoms with Crippen LogP contribution < -0.4 is 0 Å². The molecule has 0 unspecified atom stereocenters. The maximum atomic E-state index is 14.6. The molecular formula is C40H57NO5S. The van der Waals surface area contributed by atoms with Gasteiger partial charge < -0.3 is 9.84 Å². The quantitative estimate of drug-likeness (QED) is 0.146. The van der Waals surface area contributed by atoms with E-state index < -0.39 is 40.2 Å². The van der Waals surface area contributed by atoms with Gasteiger partial charge in [0.25, 0.3) is 0 Å². The molecule has 0 heterocycles. The van der Waals surface area contributed by atoms with Crippen LogP contribution in [-0.4, -0.2) is 35.9 Å². The summed E-state index contributed by atoms with van der Waals surface area (Å²) >= 11 is 0. The number of aryl methyl sites for hydroxylation is 3. The lowest BCUT2D eigenvalue weighted by Crippen LogP contribution is -2.44. The molecular weight excluding hydrogens is 607 g/mol. The highest BCUT2D eigenvalue weighted by Crippen LogP contribution is 2.35. The first-order chi connectivity index (χ1) is 22.2. The van der Waals surface area contributed by atoms with E-state index in [1.807, 2.05) is 100 Å². The third kappa shape index (κ3) is 10.2. The summed E-state index contributed by atoms with van der Waals surface area (Å²) in [4.78, 5) is 14.1. The first-order valence-electron chi connectivity index (χ1n) is 17.2. The smallest absolute Gasteiger partial charge is 0.311 e. The minimum absolute atomic E-state index is 0.0987. The van der Waals surface area contributed by atoms with Crippen LogP contribution in [0.2, 0.25) is 0 Å². The van der Waals surface area contributed by atoms with Gasteiger partial charge >= 0.3 is 5.97 Å². The standard InChI is InChI=1S/C40H57NO5S/c1-10-17-27(2)22-28(3)23-30(5)37(42)33(8)40(43)46-38(36-20-15-12-16-21-36)34(9)41(26-35-18-13-11-14-19-35)47(44,45)39-31(6)24-29(4)25-32(39)7/h11-16,18-21,24-25,27-28,30,33-34,37-38,42H,10,17,22-23,26H2,1-9H3/t27-,28-,30-,33+,34-,37+,38-/m0/s1. The van der Waals surface area contributed by atoms with Crippen LogP contribution in [0.5, 0.6) is 0 Å². The Morgan fingerprint density at radius 3 is 1.94 bits per heavy atom. The van der Waals surface area contributed by atoms with E-state index in [9.17, 15) is 18.3 Å². The van der Waals surface area contributed by atoms with E-state index in [1.54, 1.807) is 13.8 Å². The van der Waals surface area contributed by atoms with Crippen LogP contribution in [0.25, 0.3) is 0 Å². The highest BCUT2D eigenvalue weighted by atomic mass is 32.2. The molecule has 3 rings (SSSR count). The summed E-state index contributed by atoms with van der Waals surface area (Å²) in [5.74, 6) is -0.387. The molecule has 0 spiro atoms. The summed E-state index contributed by atoms with van der Waals surface area (Å²) in [5.41, 5.74) is 3.84. The molecule has 0 aromatic heterocycles. The fourth-order valence-electron chi connectivity index (χ4n) is 7.17. The first kappa shape index (κ1) is 38.4. The van der Waals surface area contributed by atoms with Crippen molar-refractivity contribution in [3.63, 3.8) is 0 Å². The molecule has 0 saturated heterocycles. The van der Waals surface area contributed by atoms with E-state index in [1.165, 1.54) is 10.7 Å². The number of rotatable bonds is 17. The van der Waals surface area contributed by atoms with Gasteiger partial charge in [0.2, 0.25) is 10.0 Å². The second-order valence-corrected chi connectivity index (χ2v) is 15.8. The van der Waals surface area contributed by atoms with Crippen LogP contribution in [-0.2, 0) is 26.1 Å². The van der Waals surface area contributed by atoms with Gasteiger partial charge in [0, 0.05) is 6.54 Å². The number of sulfonamides is 1. The molecule has 0 aliphatic rings. The molecule has 0 bridgehead atoms. The van der Waals surface area contributed by atoms with Crippen LogP contribution in [0.4, 0.5) is 0 Å². The summed E-state index contributed by atoms with van der Waals surface area (Å²) in [6.07, 6.45) is 2.44. The van der Waals surface area contributed by atoms with Gasteiger partial charge in [-0.15, -0.1) is 0 Å². The Morgan fingerprint density at radius 2 is 1.38 bits per heavy atom. The molecule has 0 radical (unpaired) electrons. The van der Waals surface area contributed by atoms with Crippen LogP contribution in [0.3, 0.4) is 0 Å². The van der Waals surface area contributed by atoms with Crippen molar-refractivity contribution in [2.45, 2.75) is 118 Å². The molecule has 0 amide bonds.